The van der Waals surface area contributed by atoms with Crippen molar-refractivity contribution in [3.05, 3.63) is 64.5 Å². The number of carbonyl (C=O) groups excluding carboxylic acids is 1. The summed E-state index contributed by atoms with van der Waals surface area (Å²) in [4.78, 5) is 11.9. The van der Waals surface area contributed by atoms with Gasteiger partial charge in [-0.25, -0.2) is 4.39 Å². The van der Waals surface area contributed by atoms with Gasteiger partial charge in [0.2, 0.25) is 5.91 Å². The maximum Gasteiger partial charge on any atom is 0.224 e. The van der Waals surface area contributed by atoms with Crippen molar-refractivity contribution in [1.82, 2.24) is 0 Å². The lowest BCUT2D eigenvalue weighted by molar-refractivity contribution is -0.116. The molecule has 21 heavy (non-hydrogen) atoms. The van der Waals surface area contributed by atoms with Gasteiger partial charge in [-0.2, -0.15) is 0 Å². The minimum atomic E-state index is -0.402. The Morgan fingerprint density at radius 1 is 1.05 bits per heavy atom. The third kappa shape index (κ3) is 4.15. The van der Waals surface area contributed by atoms with E-state index >= 15 is 0 Å². The summed E-state index contributed by atoms with van der Waals surface area (Å²) in [5.74, 6) is -0.569. The standard InChI is InChI=1S/C18H20FNO/c1-12-4-6-15(14(3)10-12)7-9-18(21)20-17-11-13(2)5-8-16(17)19/h4-6,8,10-11H,7,9H2,1-3H3,(H,20,21). The summed E-state index contributed by atoms with van der Waals surface area (Å²) in [6, 6.07) is 10.9. The Balaban J connectivity index is 1.97. The number of halogens is 1. The molecule has 0 unspecified atom stereocenters. The summed E-state index contributed by atoms with van der Waals surface area (Å²) in [6.45, 7) is 5.95. The second kappa shape index (κ2) is 6.53. The number of hydrogen-bond donors (Lipinski definition) is 1. The predicted molar refractivity (Wildman–Crippen MR) is 84.0 cm³/mol. The number of nitrogens with one attached hydrogen (secondary N) is 1. The quantitative estimate of drug-likeness (QED) is 0.890. The fraction of sp³-hybridized carbons (Fsp3) is 0.278. The molecule has 0 radical (unpaired) electrons. The Hall–Kier alpha value is -2.16. The van der Waals surface area contributed by atoms with Gasteiger partial charge in [0.1, 0.15) is 5.82 Å². The molecule has 0 saturated heterocycles. The first kappa shape index (κ1) is 15.2. The van der Waals surface area contributed by atoms with Gasteiger partial charge < -0.3 is 5.32 Å². The van der Waals surface area contributed by atoms with Crippen LogP contribution in [0.1, 0.15) is 28.7 Å². The van der Waals surface area contributed by atoms with Crippen LogP contribution in [-0.2, 0) is 11.2 Å². The molecule has 0 atom stereocenters. The maximum atomic E-state index is 13.6. The highest BCUT2D eigenvalue weighted by Gasteiger charge is 2.08. The molecule has 2 rings (SSSR count). The number of aryl methyl sites for hydroxylation is 4. The molecule has 0 spiro atoms. The van der Waals surface area contributed by atoms with Crippen LogP contribution in [0, 0.1) is 26.6 Å². The molecule has 3 heteroatoms. The van der Waals surface area contributed by atoms with Crippen molar-refractivity contribution >= 4 is 11.6 Å². The lowest BCUT2D eigenvalue weighted by Crippen LogP contribution is -2.13. The molecular weight excluding hydrogens is 265 g/mol. The van der Waals surface area contributed by atoms with Crippen molar-refractivity contribution in [3.63, 3.8) is 0 Å². The number of amides is 1. The highest BCUT2D eigenvalue weighted by Crippen LogP contribution is 2.17. The van der Waals surface area contributed by atoms with E-state index in [1.807, 2.05) is 32.9 Å². The van der Waals surface area contributed by atoms with Gasteiger partial charge in [0, 0.05) is 6.42 Å². The Morgan fingerprint density at radius 3 is 2.43 bits per heavy atom. The molecule has 0 aromatic heterocycles. The summed E-state index contributed by atoms with van der Waals surface area (Å²) >= 11 is 0. The molecule has 0 fully saturated rings. The SMILES string of the molecule is Cc1ccc(CCC(=O)Nc2cc(C)ccc2F)c(C)c1. The number of anilines is 1. The smallest absolute Gasteiger partial charge is 0.224 e. The van der Waals surface area contributed by atoms with Crippen LogP contribution in [0.4, 0.5) is 10.1 Å². The molecule has 1 N–H and O–H groups in total. The van der Waals surface area contributed by atoms with Crippen LogP contribution in [0.3, 0.4) is 0 Å². The molecule has 1 amide bonds. The van der Waals surface area contributed by atoms with Gasteiger partial charge in [-0.3, -0.25) is 4.79 Å². The second-order valence-electron chi connectivity index (χ2n) is 5.46. The second-order valence-corrected chi connectivity index (χ2v) is 5.46. The van der Waals surface area contributed by atoms with Crippen LogP contribution in [0.25, 0.3) is 0 Å². The first-order chi connectivity index (χ1) is 9.95. The third-order valence-electron chi connectivity index (χ3n) is 3.52. The van der Waals surface area contributed by atoms with Crippen molar-refractivity contribution in [1.29, 1.82) is 0 Å². The summed E-state index contributed by atoms with van der Waals surface area (Å²) in [5.41, 5.74) is 4.72. The van der Waals surface area contributed by atoms with Crippen LogP contribution >= 0.6 is 0 Å². The van der Waals surface area contributed by atoms with Crippen molar-refractivity contribution in [2.24, 2.45) is 0 Å². The number of benzene rings is 2. The Morgan fingerprint density at radius 2 is 1.71 bits per heavy atom. The lowest BCUT2D eigenvalue weighted by atomic mass is 10.0. The van der Waals surface area contributed by atoms with Crippen LogP contribution in [-0.4, -0.2) is 5.91 Å². The van der Waals surface area contributed by atoms with Crippen molar-refractivity contribution in [3.8, 4) is 0 Å². The molecule has 0 aliphatic carbocycles. The Bertz CT molecular complexity index is 664. The molecule has 110 valence electrons. The van der Waals surface area contributed by atoms with Gasteiger partial charge in [0.05, 0.1) is 5.69 Å². The molecule has 0 bridgehead atoms. The van der Waals surface area contributed by atoms with Gasteiger partial charge >= 0.3 is 0 Å². The van der Waals surface area contributed by atoms with Crippen LogP contribution in [0.5, 0.6) is 0 Å². The number of carbonyl (C=O) groups is 1. The normalized spacial score (nSPS) is 10.5. The summed E-state index contributed by atoms with van der Waals surface area (Å²) < 4.78 is 13.6. The van der Waals surface area contributed by atoms with E-state index in [0.29, 0.717) is 12.8 Å². The van der Waals surface area contributed by atoms with E-state index in [1.165, 1.54) is 17.2 Å². The highest BCUT2D eigenvalue weighted by molar-refractivity contribution is 5.91. The van der Waals surface area contributed by atoms with Crippen LogP contribution < -0.4 is 5.32 Å². The minimum absolute atomic E-state index is 0.167. The number of hydrogen-bond acceptors (Lipinski definition) is 1. The van der Waals surface area contributed by atoms with Crippen molar-refractivity contribution in [2.75, 3.05) is 5.32 Å². The average molecular weight is 285 g/mol. The van der Waals surface area contributed by atoms with Gasteiger partial charge in [-0.05, 0) is 56.0 Å². The molecule has 2 aromatic rings. The first-order valence-electron chi connectivity index (χ1n) is 7.08. The predicted octanol–water partition coefficient (Wildman–Crippen LogP) is 4.32. The lowest BCUT2D eigenvalue weighted by Gasteiger charge is -2.09. The van der Waals surface area contributed by atoms with Gasteiger partial charge in [-0.15, -0.1) is 0 Å². The molecule has 0 saturated carbocycles. The largest absolute Gasteiger partial charge is 0.324 e. The third-order valence-corrected chi connectivity index (χ3v) is 3.52. The minimum Gasteiger partial charge on any atom is -0.324 e. The molecular formula is C18H20FNO. The van der Waals surface area contributed by atoms with Crippen molar-refractivity contribution < 1.29 is 9.18 Å². The van der Waals surface area contributed by atoms with E-state index < -0.39 is 5.82 Å². The zero-order valence-corrected chi connectivity index (χ0v) is 12.7. The van der Waals surface area contributed by atoms with E-state index in [-0.39, 0.29) is 11.6 Å². The topological polar surface area (TPSA) is 29.1 Å². The zero-order valence-electron chi connectivity index (χ0n) is 12.7. The highest BCUT2D eigenvalue weighted by atomic mass is 19.1. The fourth-order valence-corrected chi connectivity index (χ4v) is 2.32. The van der Waals surface area contributed by atoms with Crippen molar-refractivity contribution in [2.45, 2.75) is 33.6 Å². The maximum absolute atomic E-state index is 13.6. The number of rotatable bonds is 4. The van der Waals surface area contributed by atoms with Gasteiger partial charge in [0.25, 0.3) is 0 Å². The van der Waals surface area contributed by atoms with E-state index in [0.717, 1.165) is 11.1 Å². The molecule has 0 heterocycles. The van der Waals surface area contributed by atoms with E-state index in [4.69, 9.17) is 0 Å². The van der Waals surface area contributed by atoms with E-state index in [1.54, 1.807) is 12.1 Å². The molecule has 2 nitrogen and oxygen atoms in total. The average Bonchev–Trinajstić information content (AvgIpc) is 2.42. The van der Waals surface area contributed by atoms with Gasteiger partial charge in [0.15, 0.2) is 0 Å². The van der Waals surface area contributed by atoms with E-state index in [2.05, 4.69) is 11.4 Å². The Kier molecular flexibility index (Phi) is 4.73. The van der Waals surface area contributed by atoms with E-state index in [9.17, 15) is 9.18 Å². The summed E-state index contributed by atoms with van der Waals surface area (Å²) in [5, 5.41) is 2.64. The van der Waals surface area contributed by atoms with Crippen LogP contribution in [0.2, 0.25) is 0 Å². The zero-order chi connectivity index (χ0) is 15.4. The molecule has 0 aliphatic heterocycles. The Labute approximate surface area is 125 Å². The molecule has 2 aromatic carbocycles. The van der Waals surface area contributed by atoms with Crippen LogP contribution in [0.15, 0.2) is 36.4 Å². The fourth-order valence-electron chi connectivity index (χ4n) is 2.32. The van der Waals surface area contributed by atoms with Gasteiger partial charge in [-0.1, -0.05) is 29.8 Å². The summed E-state index contributed by atoms with van der Waals surface area (Å²) in [6.07, 6.45) is 1.00. The molecule has 0 aliphatic rings. The monoisotopic (exact) mass is 285 g/mol. The first-order valence-corrected chi connectivity index (χ1v) is 7.08. The summed E-state index contributed by atoms with van der Waals surface area (Å²) in [7, 11) is 0.